The quantitative estimate of drug-likeness (QED) is 0.407. The average Bonchev–Trinajstić information content (AvgIpc) is 2.80. The van der Waals surface area contributed by atoms with E-state index in [1.54, 1.807) is 31.2 Å². The van der Waals surface area contributed by atoms with Crippen LogP contribution >= 0.6 is 0 Å². The van der Waals surface area contributed by atoms with Gasteiger partial charge in [-0.2, -0.15) is 0 Å². The van der Waals surface area contributed by atoms with Crippen LogP contribution in [-0.2, 0) is 20.9 Å². The summed E-state index contributed by atoms with van der Waals surface area (Å²) in [5.41, 5.74) is 2.57. The van der Waals surface area contributed by atoms with Crippen LogP contribution in [-0.4, -0.2) is 37.9 Å². The summed E-state index contributed by atoms with van der Waals surface area (Å²) in [6, 6.07) is 5.08. The minimum Gasteiger partial charge on any atom is -0.495 e. The Hall–Kier alpha value is -3.52. The number of ether oxygens (including phenoxy) is 5. The second-order valence-corrected chi connectivity index (χ2v) is 8.59. The molecule has 2 aromatic carbocycles. The number of hydrogen-bond donors (Lipinski definition) is 1. The maximum absolute atomic E-state index is 13.2. The number of methoxy groups -OCH3 is 2. The standard InChI is InChI=1S/C27H32O8/c1-7-33-23(29)11-9-17-16(4)13-22(31-5)25-19(17)14-34-27(30)24-21(35-25)10-8-18(26(24)32-6)20(28)12-15(2)3/h8-11,13,15,20,28H,7,12,14H2,1-6H3. The molecule has 1 aliphatic rings. The summed E-state index contributed by atoms with van der Waals surface area (Å²) in [5.74, 6) is 0.309. The van der Waals surface area contributed by atoms with Crippen molar-refractivity contribution in [2.24, 2.45) is 5.92 Å². The molecule has 188 valence electrons. The molecule has 0 bridgehead atoms. The molecule has 1 aliphatic heterocycles. The number of esters is 2. The number of aryl methyl sites for hydroxylation is 1. The van der Waals surface area contributed by atoms with Gasteiger partial charge >= 0.3 is 11.9 Å². The molecule has 0 radical (unpaired) electrons. The molecule has 8 heteroatoms. The van der Waals surface area contributed by atoms with Crippen molar-refractivity contribution in [2.45, 2.75) is 46.8 Å². The van der Waals surface area contributed by atoms with Crippen LogP contribution in [0.25, 0.3) is 6.08 Å². The van der Waals surface area contributed by atoms with Crippen molar-refractivity contribution in [3.8, 4) is 23.0 Å². The van der Waals surface area contributed by atoms with E-state index in [9.17, 15) is 14.7 Å². The van der Waals surface area contributed by atoms with Crippen molar-refractivity contribution < 1.29 is 38.4 Å². The SMILES string of the molecule is CCOC(=O)C=Cc1c(C)cc(OC)c2c1COC(=O)c1c(ccc(C(O)CC(C)C)c1OC)O2. The lowest BCUT2D eigenvalue weighted by molar-refractivity contribution is -0.137. The highest BCUT2D eigenvalue weighted by atomic mass is 16.6. The van der Waals surface area contributed by atoms with Crippen LogP contribution in [0.2, 0.25) is 0 Å². The van der Waals surface area contributed by atoms with Crippen LogP contribution in [0.15, 0.2) is 24.3 Å². The summed E-state index contributed by atoms with van der Waals surface area (Å²) in [7, 11) is 2.95. The van der Waals surface area contributed by atoms with E-state index < -0.39 is 18.0 Å². The van der Waals surface area contributed by atoms with Crippen molar-refractivity contribution in [1.29, 1.82) is 0 Å². The summed E-state index contributed by atoms with van der Waals surface area (Å²) >= 11 is 0. The Morgan fingerprint density at radius 3 is 2.60 bits per heavy atom. The van der Waals surface area contributed by atoms with Crippen molar-refractivity contribution >= 4 is 18.0 Å². The predicted molar refractivity (Wildman–Crippen MR) is 130 cm³/mol. The van der Waals surface area contributed by atoms with Gasteiger partial charge < -0.3 is 28.8 Å². The van der Waals surface area contributed by atoms with Gasteiger partial charge in [0.15, 0.2) is 11.5 Å². The summed E-state index contributed by atoms with van der Waals surface area (Å²) < 4.78 is 28.0. The van der Waals surface area contributed by atoms with Crippen molar-refractivity contribution in [3.05, 3.63) is 52.1 Å². The monoisotopic (exact) mass is 484 g/mol. The first-order chi connectivity index (χ1) is 16.7. The van der Waals surface area contributed by atoms with Gasteiger partial charge in [0, 0.05) is 17.2 Å². The van der Waals surface area contributed by atoms with Crippen molar-refractivity contribution in [3.63, 3.8) is 0 Å². The molecule has 1 heterocycles. The molecule has 3 rings (SSSR count). The van der Waals surface area contributed by atoms with Gasteiger partial charge in [-0.05, 0) is 61.6 Å². The molecule has 0 amide bonds. The Kier molecular flexibility index (Phi) is 8.40. The lowest BCUT2D eigenvalue weighted by Gasteiger charge is -2.25. The Bertz CT molecular complexity index is 1130. The van der Waals surface area contributed by atoms with Gasteiger partial charge in [0.25, 0.3) is 0 Å². The molecule has 0 spiro atoms. The number of aliphatic hydroxyl groups excluding tert-OH is 1. The highest BCUT2D eigenvalue weighted by Gasteiger charge is 2.31. The van der Waals surface area contributed by atoms with Gasteiger partial charge in [-0.15, -0.1) is 0 Å². The zero-order chi connectivity index (χ0) is 25.7. The molecule has 35 heavy (non-hydrogen) atoms. The number of cyclic esters (lactones) is 1. The number of benzene rings is 2. The molecule has 2 aromatic rings. The van der Waals surface area contributed by atoms with Gasteiger partial charge in [-0.1, -0.05) is 13.8 Å². The van der Waals surface area contributed by atoms with E-state index in [0.717, 1.165) is 5.56 Å². The molecule has 0 aromatic heterocycles. The van der Waals surface area contributed by atoms with Crippen LogP contribution in [0, 0.1) is 12.8 Å². The first-order valence-electron chi connectivity index (χ1n) is 11.5. The summed E-state index contributed by atoms with van der Waals surface area (Å²) in [4.78, 5) is 25.1. The largest absolute Gasteiger partial charge is 0.495 e. The Morgan fingerprint density at radius 2 is 1.97 bits per heavy atom. The third-order valence-corrected chi connectivity index (χ3v) is 5.66. The van der Waals surface area contributed by atoms with E-state index in [0.29, 0.717) is 34.6 Å². The summed E-state index contributed by atoms with van der Waals surface area (Å²) in [6.07, 6.45) is 2.60. The van der Waals surface area contributed by atoms with Gasteiger partial charge in [-0.25, -0.2) is 9.59 Å². The smallest absolute Gasteiger partial charge is 0.346 e. The first-order valence-corrected chi connectivity index (χ1v) is 11.5. The molecule has 1 N–H and O–H groups in total. The predicted octanol–water partition coefficient (Wildman–Crippen LogP) is 5.13. The topological polar surface area (TPSA) is 101 Å². The van der Waals surface area contributed by atoms with Gasteiger partial charge in [0.2, 0.25) is 0 Å². The second-order valence-electron chi connectivity index (χ2n) is 8.59. The minimum absolute atomic E-state index is 0.0877. The molecule has 0 fully saturated rings. The molecular formula is C27H32O8. The van der Waals surface area contributed by atoms with Crippen molar-refractivity contribution in [1.82, 2.24) is 0 Å². The van der Waals surface area contributed by atoms with E-state index in [2.05, 4.69) is 0 Å². The van der Waals surface area contributed by atoms with Gasteiger partial charge in [-0.3, -0.25) is 0 Å². The summed E-state index contributed by atoms with van der Waals surface area (Å²) in [5, 5.41) is 10.7. The number of hydrogen-bond acceptors (Lipinski definition) is 8. The number of fused-ring (bicyclic) bond motifs is 2. The third kappa shape index (κ3) is 5.59. The Morgan fingerprint density at radius 1 is 1.23 bits per heavy atom. The van der Waals surface area contributed by atoms with E-state index in [-0.39, 0.29) is 36.2 Å². The lowest BCUT2D eigenvalue weighted by atomic mass is 9.96. The fourth-order valence-corrected chi connectivity index (χ4v) is 4.06. The van der Waals surface area contributed by atoms with Crippen LogP contribution < -0.4 is 14.2 Å². The molecule has 0 saturated carbocycles. The third-order valence-electron chi connectivity index (χ3n) is 5.66. The van der Waals surface area contributed by atoms with Crippen molar-refractivity contribution in [2.75, 3.05) is 20.8 Å². The highest BCUT2D eigenvalue weighted by Crippen LogP contribution is 2.45. The van der Waals surface area contributed by atoms with E-state index in [4.69, 9.17) is 23.7 Å². The number of aliphatic hydroxyl groups is 1. The number of rotatable bonds is 8. The first kappa shape index (κ1) is 26.1. The molecule has 0 saturated heterocycles. The molecular weight excluding hydrogens is 452 g/mol. The van der Waals surface area contributed by atoms with Crippen LogP contribution in [0.3, 0.4) is 0 Å². The molecule has 1 unspecified atom stereocenters. The van der Waals surface area contributed by atoms with Crippen LogP contribution in [0.5, 0.6) is 23.0 Å². The normalized spacial score (nSPS) is 13.8. The zero-order valence-corrected chi connectivity index (χ0v) is 21.0. The average molecular weight is 485 g/mol. The van der Waals surface area contributed by atoms with E-state index in [1.807, 2.05) is 20.8 Å². The minimum atomic E-state index is -0.822. The number of carbonyl (C=O) groups excluding carboxylic acids is 2. The second kappa shape index (κ2) is 11.3. The Labute approximate surface area is 205 Å². The maximum Gasteiger partial charge on any atom is 0.346 e. The van der Waals surface area contributed by atoms with Gasteiger partial charge in [0.05, 0.1) is 26.9 Å². The molecule has 1 atom stereocenters. The van der Waals surface area contributed by atoms with E-state index >= 15 is 0 Å². The molecule has 8 nitrogen and oxygen atoms in total. The van der Waals surface area contributed by atoms with Crippen LogP contribution in [0.4, 0.5) is 0 Å². The fourth-order valence-electron chi connectivity index (χ4n) is 4.06. The highest BCUT2D eigenvalue weighted by molar-refractivity contribution is 5.97. The van der Waals surface area contributed by atoms with E-state index in [1.165, 1.54) is 20.3 Å². The molecule has 0 aliphatic carbocycles. The zero-order valence-electron chi connectivity index (χ0n) is 21.0. The fraction of sp³-hybridized carbons (Fsp3) is 0.407. The van der Waals surface area contributed by atoms with Crippen LogP contribution in [0.1, 0.15) is 65.9 Å². The lowest BCUT2D eigenvalue weighted by Crippen LogP contribution is -2.16. The number of carbonyl (C=O) groups is 2. The summed E-state index contributed by atoms with van der Waals surface area (Å²) in [6.45, 7) is 7.71. The Balaban J connectivity index is 2.16. The van der Waals surface area contributed by atoms with Gasteiger partial charge in [0.1, 0.15) is 23.7 Å². The maximum atomic E-state index is 13.2.